The Morgan fingerprint density at radius 1 is 1.00 bits per heavy atom. The molecule has 9 heteroatoms. The predicted molar refractivity (Wildman–Crippen MR) is 128 cm³/mol. The van der Waals surface area contributed by atoms with E-state index in [1.54, 1.807) is 24.9 Å². The van der Waals surface area contributed by atoms with Gasteiger partial charge in [-0.1, -0.05) is 6.07 Å². The van der Waals surface area contributed by atoms with Gasteiger partial charge in [0.1, 0.15) is 29.6 Å². The van der Waals surface area contributed by atoms with Gasteiger partial charge in [0.05, 0.1) is 11.7 Å². The van der Waals surface area contributed by atoms with Crippen molar-refractivity contribution in [3.63, 3.8) is 0 Å². The number of anilines is 3. The van der Waals surface area contributed by atoms with Gasteiger partial charge in [-0.3, -0.25) is 4.98 Å². The Hall–Kier alpha value is -3.75. The number of aryl methyl sites for hydroxylation is 2. The number of piperazine rings is 1. The van der Waals surface area contributed by atoms with Gasteiger partial charge in [0.15, 0.2) is 0 Å². The fraction of sp³-hybridized carbons (Fsp3) is 0.333. The SMILES string of the molecule is Cc1[nH]c2c(F)ccc(C)c2c1CCNc1cc(N2CCN(c3cnccn3)CC2)ncn1. The van der Waals surface area contributed by atoms with Crippen molar-refractivity contribution >= 4 is 28.4 Å². The molecule has 33 heavy (non-hydrogen) atoms. The molecule has 4 heterocycles. The maximum atomic E-state index is 14.2. The summed E-state index contributed by atoms with van der Waals surface area (Å²) in [7, 11) is 0. The molecule has 0 amide bonds. The molecule has 0 unspecified atom stereocenters. The summed E-state index contributed by atoms with van der Waals surface area (Å²) in [5, 5.41) is 4.39. The molecule has 4 aromatic rings. The number of nitrogens with one attached hydrogen (secondary N) is 2. The van der Waals surface area contributed by atoms with Crippen LogP contribution in [0.5, 0.6) is 0 Å². The summed E-state index contributed by atoms with van der Waals surface area (Å²) in [6, 6.07) is 5.35. The number of aromatic nitrogens is 5. The lowest BCUT2D eigenvalue weighted by Gasteiger charge is -2.35. The predicted octanol–water partition coefficient (Wildman–Crippen LogP) is 3.49. The Balaban J connectivity index is 1.22. The molecule has 0 aliphatic carbocycles. The second kappa shape index (κ2) is 9.01. The van der Waals surface area contributed by atoms with Crippen LogP contribution in [0.3, 0.4) is 0 Å². The number of nitrogens with zero attached hydrogens (tertiary/aromatic N) is 6. The minimum atomic E-state index is -0.210. The van der Waals surface area contributed by atoms with E-state index in [-0.39, 0.29) is 5.82 Å². The quantitative estimate of drug-likeness (QED) is 0.469. The molecule has 0 bridgehead atoms. The molecule has 1 aromatic carbocycles. The van der Waals surface area contributed by atoms with Crippen LogP contribution in [0.15, 0.2) is 43.1 Å². The van der Waals surface area contributed by atoms with Crippen LogP contribution in [0.1, 0.15) is 16.8 Å². The first-order chi connectivity index (χ1) is 16.1. The average Bonchev–Trinajstić information content (AvgIpc) is 3.20. The van der Waals surface area contributed by atoms with Crippen molar-refractivity contribution in [2.24, 2.45) is 0 Å². The van der Waals surface area contributed by atoms with Crippen LogP contribution >= 0.6 is 0 Å². The maximum absolute atomic E-state index is 14.2. The second-order valence-electron chi connectivity index (χ2n) is 8.32. The van der Waals surface area contributed by atoms with Gasteiger partial charge in [-0.25, -0.2) is 19.3 Å². The van der Waals surface area contributed by atoms with Crippen LogP contribution in [-0.4, -0.2) is 57.6 Å². The van der Waals surface area contributed by atoms with Crippen LogP contribution in [0.4, 0.5) is 21.8 Å². The highest BCUT2D eigenvalue weighted by atomic mass is 19.1. The number of benzene rings is 1. The molecule has 170 valence electrons. The van der Waals surface area contributed by atoms with Crippen molar-refractivity contribution in [1.82, 2.24) is 24.9 Å². The van der Waals surface area contributed by atoms with Crippen LogP contribution in [-0.2, 0) is 6.42 Å². The number of halogens is 1. The minimum Gasteiger partial charge on any atom is -0.370 e. The largest absolute Gasteiger partial charge is 0.370 e. The van der Waals surface area contributed by atoms with Gasteiger partial charge in [0.25, 0.3) is 0 Å². The molecule has 0 saturated carbocycles. The van der Waals surface area contributed by atoms with Crippen molar-refractivity contribution in [3.8, 4) is 0 Å². The third-order valence-electron chi connectivity index (χ3n) is 6.24. The van der Waals surface area contributed by atoms with Gasteiger partial charge in [0.2, 0.25) is 0 Å². The third kappa shape index (κ3) is 4.30. The van der Waals surface area contributed by atoms with Gasteiger partial charge in [-0.15, -0.1) is 0 Å². The molecular formula is C24H27FN8. The fourth-order valence-corrected chi connectivity index (χ4v) is 4.51. The Morgan fingerprint density at radius 2 is 1.79 bits per heavy atom. The highest BCUT2D eigenvalue weighted by Gasteiger charge is 2.20. The van der Waals surface area contributed by atoms with Gasteiger partial charge in [-0.05, 0) is 37.5 Å². The normalized spacial score (nSPS) is 14.2. The molecule has 0 spiro atoms. The van der Waals surface area contributed by atoms with Crippen LogP contribution < -0.4 is 15.1 Å². The summed E-state index contributed by atoms with van der Waals surface area (Å²) in [6.45, 7) is 8.15. The summed E-state index contributed by atoms with van der Waals surface area (Å²) >= 11 is 0. The minimum absolute atomic E-state index is 0.210. The first-order valence-corrected chi connectivity index (χ1v) is 11.2. The summed E-state index contributed by atoms with van der Waals surface area (Å²) in [5.41, 5.74) is 3.82. The first-order valence-electron chi connectivity index (χ1n) is 11.2. The van der Waals surface area contributed by atoms with Gasteiger partial charge in [-0.2, -0.15) is 0 Å². The number of H-pyrrole nitrogens is 1. The monoisotopic (exact) mass is 446 g/mol. The van der Waals surface area contributed by atoms with Crippen molar-refractivity contribution in [1.29, 1.82) is 0 Å². The third-order valence-corrected chi connectivity index (χ3v) is 6.24. The van der Waals surface area contributed by atoms with E-state index < -0.39 is 0 Å². The number of aromatic amines is 1. The van der Waals surface area contributed by atoms with E-state index in [0.29, 0.717) is 12.1 Å². The molecule has 1 aliphatic heterocycles. The van der Waals surface area contributed by atoms with Crippen molar-refractivity contribution in [3.05, 3.63) is 65.8 Å². The fourth-order valence-electron chi connectivity index (χ4n) is 4.51. The topological polar surface area (TPSA) is 85.9 Å². The lowest BCUT2D eigenvalue weighted by atomic mass is 10.0. The highest BCUT2D eigenvalue weighted by Crippen LogP contribution is 2.28. The zero-order valence-corrected chi connectivity index (χ0v) is 18.8. The van der Waals surface area contributed by atoms with E-state index in [1.807, 2.05) is 26.0 Å². The van der Waals surface area contributed by atoms with E-state index in [9.17, 15) is 4.39 Å². The van der Waals surface area contributed by atoms with Crippen molar-refractivity contribution in [2.75, 3.05) is 47.8 Å². The van der Waals surface area contributed by atoms with Gasteiger partial charge in [0, 0.05) is 62.3 Å². The lowest BCUT2D eigenvalue weighted by Crippen LogP contribution is -2.47. The Bertz CT molecular complexity index is 1250. The lowest BCUT2D eigenvalue weighted by molar-refractivity contribution is 0.637. The summed E-state index contributed by atoms with van der Waals surface area (Å²) < 4.78 is 14.2. The van der Waals surface area contributed by atoms with Gasteiger partial charge >= 0.3 is 0 Å². The Morgan fingerprint density at radius 3 is 2.55 bits per heavy atom. The molecule has 1 fully saturated rings. The van der Waals surface area contributed by atoms with Crippen LogP contribution in [0.25, 0.3) is 10.9 Å². The zero-order valence-electron chi connectivity index (χ0n) is 18.8. The average molecular weight is 447 g/mol. The molecule has 5 rings (SSSR count). The van der Waals surface area contributed by atoms with Crippen LogP contribution in [0, 0.1) is 19.7 Å². The van der Waals surface area contributed by atoms with E-state index in [2.05, 4.69) is 40.0 Å². The highest BCUT2D eigenvalue weighted by molar-refractivity contribution is 5.88. The molecule has 0 radical (unpaired) electrons. The molecular weight excluding hydrogens is 419 g/mol. The van der Waals surface area contributed by atoms with E-state index in [4.69, 9.17) is 0 Å². The second-order valence-corrected chi connectivity index (χ2v) is 8.32. The summed E-state index contributed by atoms with van der Waals surface area (Å²) in [6.07, 6.45) is 7.58. The molecule has 3 aromatic heterocycles. The zero-order chi connectivity index (χ0) is 22.8. The smallest absolute Gasteiger partial charge is 0.147 e. The van der Waals surface area contributed by atoms with Gasteiger partial charge < -0.3 is 20.1 Å². The Labute approximate surface area is 191 Å². The maximum Gasteiger partial charge on any atom is 0.147 e. The molecule has 1 saturated heterocycles. The number of hydrogen-bond donors (Lipinski definition) is 2. The molecule has 8 nitrogen and oxygen atoms in total. The van der Waals surface area contributed by atoms with E-state index in [1.165, 1.54) is 6.07 Å². The molecule has 0 atom stereocenters. The number of hydrogen-bond acceptors (Lipinski definition) is 7. The van der Waals surface area contributed by atoms with E-state index in [0.717, 1.165) is 72.3 Å². The number of rotatable bonds is 6. The van der Waals surface area contributed by atoms with Crippen molar-refractivity contribution in [2.45, 2.75) is 20.3 Å². The first kappa shape index (κ1) is 21.1. The summed E-state index contributed by atoms with van der Waals surface area (Å²) in [4.78, 5) is 25.1. The Kier molecular flexibility index (Phi) is 5.77. The summed E-state index contributed by atoms with van der Waals surface area (Å²) in [5.74, 6) is 2.40. The van der Waals surface area contributed by atoms with Crippen LogP contribution in [0.2, 0.25) is 0 Å². The molecule has 1 aliphatic rings. The standard InChI is InChI=1S/C24H27FN8/c1-16-3-4-19(25)24-23(16)18(17(2)31-24)5-6-27-20-13-21(30-15-29-20)32-9-11-33(12-10-32)22-14-26-7-8-28-22/h3-4,7-8,13-15,31H,5-6,9-12H2,1-2H3,(H,27,29,30). The van der Waals surface area contributed by atoms with E-state index >= 15 is 0 Å². The molecule has 2 N–H and O–H groups in total. The number of fused-ring (bicyclic) bond motifs is 1. The van der Waals surface area contributed by atoms with Crippen molar-refractivity contribution < 1.29 is 4.39 Å².